The first-order chi connectivity index (χ1) is 8.47. The number of hydrogen-bond donors (Lipinski definition) is 1. The van der Waals surface area contributed by atoms with Crippen LogP contribution in [-0.4, -0.2) is 25.2 Å². The molecule has 1 fully saturated rings. The van der Waals surface area contributed by atoms with Crippen LogP contribution in [0.4, 0.5) is 0 Å². The molecular formula is C15H21NO2. The van der Waals surface area contributed by atoms with Gasteiger partial charge in [-0.1, -0.05) is 32.9 Å². The Morgan fingerprint density at radius 1 is 1.28 bits per heavy atom. The highest BCUT2D eigenvalue weighted by Gasteiger charge is 2.19. The van der Waals surface area contributed by atoms with Crippen LogP contribution in [0.5, 0.6) is 0 Å². The molecule has 2 rings (SSSR count). The van der Waals surface area contributed by atoms with Gasteiger partial charge in [0.05, 0.1) is 12.6 Å². The van der Waals surface area contributed by atoms with Crippen LogP contribution in [0.25, 0.3) is 0 Å². The molecule has 0 bridgehead atoms. The number of carbonyl (C=O) groups excluding carboxylic acids is 1. The van der Waals surface area contributed by atoms with Crippen molar-refractivity contribution < 1.29 is 9.53 Å². The predicted octanol–water partition coefficient (Wildman–Crippen LogP) is 2.50. The number of rotatable bonds is 2. The first-order valence-corrected chi connectivity index (χ1v) is 6.46. The van der Waals surface area contributed by atoms with E-state index in [0.29, 0.717) is 6.61 Å². The number of carbonyl (C=O) groups is 1. The summed E-state index contributed by atoms with van der Waals surface area (Å²) in [5.41, 5.74) is 2.08. The lowest BCUT2D eigenvalue weighted by Gasteiger charge is -2.19. The maximum Gasteiger partial charge on any atom is 0.251 e. The van der Waals surface area contributed by atoms with Gasteiger partial charge in [0.25, 0.3) is 5.91 Å². The van der Waals surface area contributed by atoms with Crippen molar-refractivity contribution in [2.75, 3.05) is 13.2 Å². The lowest BCUT2D eigenvalue weighted by molar-refractivity contribution is 0.0930. The second-order valence-corrected chi connectivity index (χ2v) is 5.86. The molecule has 3 heteroatoms. The van der Waals surface area contributed by atoms with Crippen LogP contribution in [0.15, 0.2) is 24.3 Å². The van der Waals surface area contributed by atoms with Gasteiger partial charge in [-0.05, 0) is 29.5 Å². The lowest BCUT2D eigenvalue weighted by Crippen LogP contribution is -2.35. The highest BCUT2D eigenvalue weighted by molar-refractivity contribution is 5.94. The molecule has 18 heavy (non-hydrogen) atoms. The summed E-state index contributed by atoms with van der Waals surface area (Å²) in [5.74, 6) is -0.00837. The van der Waals surface area contributed by atoms with Crippen LogP contribution in [0, 0.1) is 0 Å². The van der Waals surface area contributed by atoms with E-state index in [1.807, 2.05) is 24.3 Å². The second-order valence-electron chi connectivity index (χ2n) is 5.86. The summed E-state index contributed by atoms with van der Waals surface area (Å²) in [4.78, 5) is 12.0. The highest BCUT2D eigenvalue weighted by Crippen LogP contribution is 2.22. The van der Waals surface area contributed by atoms with E-state index in [1.165, 1.54) is 5.56 Å². The molecule has 0 radical (unpaired) electrons. The summed E-state index contributed by atoms with van der Waals surface area (Å²) >= 11 is 0. The Morgan fingerprint density at radius 3 is 2.44 bits per heavy atom. The van der Waals surface area contributed by atoms with Gasteiger partial charge in [-0.2, -0.15) is 0 Å². The van der Waals surface area contributed by atoms with Crippen LogP contribution in [-0.2, 0) is 10.2 Å². The molecule has 98 valence electrons. The standard InChI is InChI=1S/C15H21NO2/c1-15(2,3)12-6-4-11(5-7-12)14(17)16-13-8-9-18-10-13/h4-7,13H,8-10H2,1-3H3,(H,16,17). The van der Waals surface area contributed by atoms with Crippen molar-refractivity contribution in [3.63, 3.8) is 0 Å². The molecule has 1 N–H and O–H groups in total. The van der Waals surface area contributed by atoms with E-state index in [2.05, 4.69) is 26.1 Å². The molecule has 0 aromatic heterocycles. The molecule has 1 aromatic carbocycles. The minimum absolute atomic E-state index is 0.00837. The molecule has 1 aliphatic rings. The average Bonchev–Trinajstić information content (AvgIpc) is 2.81. The van der Waals surface area contributed by atoms with Crippen molar-refractivity contribution in [1.29, 1.82) is 0 Å². The summed E-state index contributed by atoms with van der Waals surface area (Å²) in [6.45, 7) is 7.87. The van der Waals surface area contributed by atoms with Crippen LogP contribution >= 0.6 is 0 Å². The number of benzene rings is 1. The van der Waals surface area contributed by atoms with E-state index in [1.54, 1.807) is 0 Å². The molecule has 1 saturated heterocycles. The largest absolute Gasteiger partial charge is 0.379 e. The molecule has 1 unspecified atom stereocenters. The third kappa shape index (κ3) is 3.10. The van der Waals surface area contributed by atoms with Crippen LogP contribution in [0.2, 0.25) is 0 Å². The predicted molar refractivity (Wildman–Crippen MR) is 71.8 cm³/mol. The van der Waals surface area contributed by atoms with Gasteiger partial charge in [0, 0.05) is 12.2 Å². The summed E-state index contributed by atoms with van der Waals surface area (Å²) in [5, 5.41) is 2.99. The smallest absolute Gasteiger partial charge is 0.251 e. The van der Waals surface area contributed by atoms with Gasteiger partial charge in [0.2, 0.25) is 0 Å². The Morgan fingerprint density at radius 2 is 1.94 bits per heavy atom. The monoisotopic (exact) mass is 247 g/mol. The van der Waals surface area contributed by atoms with E-state index in [4.69, 9.17) is 4.74 Å². The van der Waals surface area contributed by atoms with Crippen molar-refractivity contribution in [1.82, 2.24) is 5.32 Å². The minimum atomic E-state index is -0.00837. The Bertz CT molecular complexity index is 411. The van der Waals surface area contributed by atoms with E-state index in [-0.39, 0.29) is 17.4 Å². The van der Waals surface area contributed by atoms with Gasteiger partial charge < -0.3 is 10.1 Å². The van der Waals surface area contributed by atoms with E-state index in [9.17, 15) is 4.79 Å². The van der Waals surface area contributed by atoms with Crippen LogP contribution in [0.1, 0.15) is 43.1 Å². The molecule has 0 saturated carbocycles. The number of nitrogens with one attached hydrogen (secondary N) is 1. The Kier molecular flexibility index (Phi) is 3.71. The summed E-state index contributed by atoms with van der Waals surface area (Å²) < 4.78 is 5.24. The highest BCUT2D eigenvalue weighted by atomic mass is 16.5. The van der Waals surface area contributed by atoms with Crippen molar-refractivity contribution >= 4 is 5.91 Å². The lowest BCUT2D eigenvalue weighted by atomic mass is 9.86. The third-order valence-electron chi connectivity index (χ3n) is 3.28. The first kappa shape index (κ1) is 13.1. The average molecular weight is 247 g/mol. The fraction of sp³-hybridized carbons (Fsp3) is 0.533. The van der Waals surface area contributed by atoms with Crippen molar-refractivity contribution in [3.05, 3.63) is 35.4 Å². The first-order valence-electron chi connectivity index (χ1n) is 6.46. The summed E-state index contributed by atoms with van der Waals surface area (Å²) in [7, 11) is 0. The van der Waals surface area contributed by atoms with Crippen LogP contribution in [0.3, 0.4) is 0 Å². The Hall–Kier alpha value is -1.35. The molecule has 0 aliphatic carbocycles. The molecule has 1 amide bonds. The minimum Gasteiger partial charge on any atom is -0.379 e. The summed E-state index contributed by atoms with van der Waals surface area (Å²) in [6, 6.07) is 8.01. The second kappa shape index (κ2) is 5.11. The molecule has 3 nitrogen and oxygen atoms in total. The van der Waals surface area contributed by atoms with Gasteiger partial charge in [-0.15, -0.1) is 0 Å². The van der Waals surface area contributed by atoms with E-state index < -0.39 is 0 Å². The van der Waals surface area contributed by atoms with Crippen molar-refractivity contribution in [2.45, 2.75) is 38.6 Å². The fourth-order valence-corrected chi connectivity index (χ4v) is 2.04. The maximum atomic E-state index is 12.0. The molecule has 1 heterocycles. The van der Waals surface area contributed by atoms with E-state index in [0.717, 1.165) is 18.6 Å². The zero-order chi connectivity index (χ0) is 13.2. The number of hydrogen-bond acceptors (Lipinski definition) is 2. The topological polar surface area (TPSA) is 38.3 Å². The number of amides is 1. The zero-order valence-electron chi connectivity index (χ0n) is 11.3. The Labute approximate surface area is 109 Å². The summed E-state index contributed by atoms with van der Waals surface area (Å²) in [6.07, 6.45) is 0.909. The van der Waals surface area contributed by atoms with Gasteiger partial charge in [0.1, 0.15) is 0 Å². The SMILES string of the molecule is CC(C)(C)c1ccc(C(=O)NC2CCOC2)cc1. The maximum absolute atomic E-state index is 12.0. The van der Waals surface area contributed by atoms with Gasteiger partial charge >= 0.3 is 0 Å². The van der Waals surface area contributed by atoms with Crippen molar-refractivity contribution in [2.24, 2.45) is 0 Å². The molecule has 1 aliphatic heterocycles. The van der Waals surface area contributed by atoms with Gasteiger partial charge in [-0.3, -0.25) is 4.79 Å². The molecular weight excluding hydrogens is 226 g/mol. The quantitative estimate of drug-likeness (QED) is 0.872. The normalized spacial score (nSPS) is 19.8. The molecule has 0 spiro atoms. The third-order valence-corrected chi connectivity index (χ3v) is 3.28. The van der Waals surface area contributed by atoms with Crippen molar-refractivity contribution in [3.8, 4) is 0 Å². The van der Waals surface area contributed by atoms with Gasteiger partial charge in [-0.25, -0.2) is 0 Å². The van der Waals surface area contributed by atoms with Gasteiger partial charge in [0.15, 0.2) is 0 Å². The van der Waals surface area contributed by atoms with E-state index >= 15 is 0 Å². The molecule has 1 aromatic rings. The Balaban J connectivity index is 2.02. The number of ether oxygens (including phenoxy) is 1. The molecule has 1 atom stereocenters. The fourth-order valence-electron chi connectivity index (χ4n) is 2.04. The zero-order valence-corrected chi connectivity index (χ0v) is 11.3. The van der Waals surface area contributed by atoms with Crippen LogP contribution < -0.4 is 5.32 Å².